The van der Waals surface area contributed by atoms with Crippen LogP contribution < -0.4 is 5.32 Å². The van der Waals surface area contributed by atoms with Crippen LogP contribution in [0.15, 0.2) is 48.1 Å². The fourth-order valence-corrected chi connectivity index (χ4v) is 2.82. The number of hydrogen-bond donors (Lipinski definition) is 1. The van der Waals surface area contributed by atoms with Gasteiger partial charge in [0, 0.05) is 33.5 Å². The van der Waals surface area contributed by atoms with Crippen molar-refractivity contribution in [1.82, 2.24) is 4.98 Å². The minimum Gasteiger partial charge on any atom is -0.354 e. The number of rotatable bonds is 2. The monoisotopic (exact) mass is 330 g/mol. The summed E-state index contributed by atoms with van der Waals surface area (Å²) in [5.74, 6) is 0. The van der Waals surface area contributed by atoms with Gasteiger partial charge in [0.05, 0.1) is 11.3 Å². The van der Waals surface area contributed by atoms with Gasteiger partial charge in [-0.05, 0) is 24.3 Å². The van der Waals surface area contributed by atoms with Gasteiger partial charge in [-0.3, -0.25) is 4.98 Å². The van der Waals surface area contributed by atoms with Gasteiger partial charge in [0.2, 0.25) is 0 Å². The van der Waals surface area contributed by atoms with Gasteiger partial charge in [-0.25, -0.2) is 0 Å². The van der Waals surface area contributed by atoms with E-state index in [0.29, 0.717) is 4.70 Å². The van der Waals surface area contributed by atoms with Crippen LogP contribution in [-0.2, 0) is 6.18 Å². The molecular weight excluding hydrogens is 321 g/mol. The molecule has 3 aromatic rings. The van der Waals surface area contributed by atoms with Crippen molar-refractivity contribution in [2.45, 2.75) is 6.18 Å². The van der Waals surface area contributed by atoms with Crippen LogP contribution in [0.2, 0.25) is 0 Å². The summed E-state index contributed by atoms with van der Waals surface area (Å²) in [7, 11) is 0. The first-order chi connectivity index (χ1) is 9.54. The zero-order valence-electron chi connectivity index (χ0n) is 10.5. The molecule has 7 heteroatoms. The van der Waals surface area contributed by atoms with E-state index in [1.54, 1.807) is 24.5 Å². The molecule has 2 nitrogen and oxygen atoms in total. The van der Waals surface area contributed by atoms with Crippen LogP contribution in [0.5, 0.6) is 0 Å². The van der Waals surface area contributed by atoms with Gasteiger partial charge in [-0.2, -0.15) is 13.2 Å². The number of halogens is 4. The van der Waals surface area contributed by atoms with Crippen molar-refractivity contribution in [1.29, 1.82) is 0 Å². The minimum atomic E-state index is -4.31. The fraction of sp³-hybridized carbons (Fsp3) is 0.0714. The average Bonchev–Trinajstić information content (AvgIpc) is 2.81. The first-order valence-corrected chi connectivity index (χ1v) is 6.67. The van der Waals surface area contributed by atoms with Gasteiger partial charge in [0.15, 0.2) is 0 Å². The second kappa shape index (κ2) is 5.91. The molecule has 0 spiro atoms. The highest BCUT2D eigenvalue weighted by atomic mass is 35.5. The Morgan fingerprint density at radius 2 is 1.76 bits per heavy atom. The molecule has 0 unspecified atom stereocenters. The van der Waals surface area contributed by atoms with E-state index in [2.05, 4.69) is 10.3 Å². The van der Waals surface area contributed by atoms with E-state index in [-0.39, 0.29) is 12.4 Å². The molecule has 1 aromatic carbocycles. The number of nitrogens with zero attached hydrogens (tertiary/aromatic N) is 1. The zero-order chi connectivity index (χ0) is 14.2. The summed E-state index contributed by atoms with van der Waals surface area (Å²) in [5.41, 5.74) is 1.02. The number of pyridine rings is 1. The van der Waals surface area contributed by atoms with Crippen LogP contribution in [0.4, 0.5) is 24.5 Å². The van der Waals surface area contributed by atoms with Gasteiger partial charge in [0.25, 0.3) is 0 Å². The molecule has 2 aromatic heterocycles. The van der Waals surface area contributed by atoms with E-state index in [9.17, 15) is 13.2 Å². The summed E-state index contributed by atoms with van der Waals surface area (Å²) in [4.78, 5) is 3.91. The summed E-state index contributed by atoms with van der Waals surface area (Å²) in [6.45, 7) is 0. The van der Waals surface area contributed by atoms with Crippen LogP contribution in [0, 0.1) is 0 Å². The number of anilines is 2. The van der Waals surface area contributed by atoms with Crippen LogP contribution in [0.1, 0.15) is 5.56 Å². The molecule has 0 amide bonds. The number of aromatic nitrogens is 1. The molecule has 0 saturated carbocycles. The molecule has 0 aliphatic heterocycles. The average molecular weight is 331 g/mol. The van der Waals surface area contributed by atoms with E-state index in [1.807, 2.05) is 5.38 Å². The lowest BCUT2D eigenvalue weighted by atomic mass is 10.1. The Balaban J connectivity index is 0.00000161. The number of hydrogen-bond acceptors (Lipinski definition) is 3. The zero-order valence-corrected chi connectivity index (χ0v) is 12.1. The maximum atomic E-state index is 12.7. The SMILES string of the molecule is Cl.FC(F)(F)c1ccc2c(Nc3ccncc3)csc2c1. The summed E-state index contributed by atoms with van der Waals surface area (Å²) in [5, 5.41) is 5.76. The lowest BCUT2D eigenvalue weighted by Gasteiger charge is -2.07. The summed E-state index contributed by atoms with van der Waals surface area (Å²) in [6.07, 6.45) is -1.01. The third-order valence-corrected chi connectivity index (χ3v) is 3.81. The van der Waals surface area contributed by atoms with Gasteiger partial charge in [-0.15, -0.1) is 23.7 Å². The summed E-state index contributed by atoms with van der Waals surface area (Å²) < 4.78 is 38.6. The molecule has 21 heavy (non-hydrogen) atoms. The van der Waals surface area contributed by atoms with Crippen molar-refractivity contribution in [3.05, 3.63) is 53.7 Å². The maximum absolute atomic E-state index is 12.7. The molecule has 0 saturated heterocycles. The van der Waals surface area contributed by atoms with Crippen molar-refractivity contribution in [2.75, 3.05) is 5.32 Å². The van der Waals surface area contributed by atoms with Gasteiger partial charge in [-0.1, -0.05) is 6.07 Å². The van der Waals surface area contributed by atoms with Crippen molar-refractivity contribution < 1.29 is 13.2 Å². The van der Waals surface area contributed by atoms with Crippen LogP contribution in [0.25, 0.3) is 10.1 Å². The molecule has 1 N–H and O–H groups in total. The van der Waals surface area contributed by atoms with Crippen molar-refractivity contribution in [2.24, 2.45) is 0 Å². The second-order valence-corrected chi connectivity index (χ2v) is 5.13. The molecule has 0 atom stereocenters. The molecule has 2 heterocycles. The summed E-state index contributed by atoms with van der Waals surface area (Å²) in [6, 6.07) is 7.38. The third kappa shape index (κ3) is 3.28. The van der Waals surface area contributed by atoms with Crippen LogP contribution in [0.3, 0.4) is 0 Å². The quantitative estimate of drug-likeness (QED) is 0.673. The van der Waals surface area contributed by atoms with E-state index >= 15 is 0 Å². The largest absolute Gasteiger partial charge is 0.416 e. The van der Waals surface area contributed by atoms with E-state index in [1.165, 1.54) is 23.5 Å². The van der Waals surface area contributed by atoms with Crippen LogP contribution >= 0.6 is 23.7 Å². The molecule has 0 fully saturated rings. The predicted molar refractivity (Wildman–Crippen MR) is 81.6 cm³/mol. The van der Waals surface area contributed by atoms with Crippen molar-refractivity contribution >= 4 is 45.2 Å². The number of thiophene rings is 1. The predicted octanol–water partition coefficient (Wildman–Crippen LogP) is 5.48. The van der Waals surface area contributed by atoms with E-state index in [4.69, 9.17) is 0 Å². The molecule has 0 radical (unpaired) electrons. The normalized spacial score (nSPS) is 11.2. The van der Waals surface area contributed by atoms with Gasteiger partial charge >= 0.3 is 6.18 Å². The smallest absolute Gasteiger partial charge is 0.354 e. The second-order valence-electron chi connectivity index (χ2n) is 4.22. The molecule has 3 rings (SSSR count). The maximum Gasteiger partial charge on any atom is 0.416 e. The number of alkyl halides is 3. The molecule has 0 bridgehead atoms. The fourth-order valence-electron chi connectivity index (χ4n) is 1.89. The Labute approximate surface area is 129 Å². The Kier molecular flexibility index (Phi) is 4.39. The first-order valence-electron chi connectivity index (χ1n) is 5.79. The van der Waals surface area contributed by atoms with E-state index < -0.39 is 11.7 Å². The van der Waals surface area contributed by atoms with E-state index in [0.717, 1.165) is 22.8 Å². The van der Waals surface area contributed by atoms with Crippen molar-refractivity contribution in [3.8, 4) is 0 Å². The highest BCUT2D eigenvalue weighted by molar-refractivity contribution is 7.17. The third-order valence-electron chi connectivity index (χ3n) is 2.86. The summed E-state index contributed by atoms with van der Waals surface area (Å²) >= 11 is 1.29. The number of fused-ring (bicyclic) bond motifs is 1. The molecular formula is C14H10ClF3N2S. The molecule has 0 aliphatic rings. The molecule has 0 aliphatic carbocycles. The lowest BCUT2D eigenvalue weighted by Crippen LogP contribution is -2.03. The Morgan fingerprint density at radius 1 is 1.05 bits per heavy atom. The van der Waals surface area contributed by atoms with Crippen LogP contribution in [-0.4, -0.2) is 4.98 Å². The standard InChI is InChI=1S/C14H9F3N2S.ClH/c15-14(16,17)9-1-2-11-12(8-20-13(11)7-9)19-10-3-5-18-6-4-10;/h1-8H,(H,18,19);1H. The Hall–Kier alpha value is -1.79. The Morgan fingerprint density at radius 3 is 2.43 bits per heavy atom. The number of benzene rings is 1. The Bertz CT molecular complexity index is 741. The topological polar surface area (TPSA) is 24.9 Å². The first kappa shape index (κ1) is 15.6. The highest BCUT2D eigenvalue weighted by Gasteiger charge is 2.30. The number of nitrogens with one attached hydrogen (secondary N) is 1. The van der Waals surface area contributed by atoms with Gasteiger partial charge in [0.1, 0.15) is 0 Å². The van der Waals surface area contributed by atoms with Gasteiger partial charge < -0.3 is 5.32 Å². The highest BCUT2D eigenvalue weighted by Crippen LogP contribution is 2.37. The minimum absolute atomic E-state index is 0. The van der Waals surface area contributed by atoms with Crippen molar-refractivity contribution in [3.63, 3.8) is 0 Å². The lowest BCUT2D eigenvalue weighted by molar-refractivity contribution is -0.137. The molecule has 110 valence electrons.